The number of carbonyl (C=O) groups excluding carboxylic acids is 1. The van der Waals surface area contributed by atoms with Crippen LogP contribution in [-0.2, 0) is 16.1 Å². The van der Waals surface area contributed by atoms with E-state index in [9.17, 15) is 9.59 Å². The molecule has 0 aliphatic rings. The number of nitrogens with one attached hydrogen (secondary N) is 1. The molecule has 0 aromatic carbocycles. The molecule has 1 amide bonds. The highest BCUT2D eigenvalue weighted by molar-refractivity contribution is 7.08. The van der Waals surface area contributed by atoms with Crippen molar-refractivity contribution in [3.63, 3.8) is 0 Å². The van der Waals surface area contributed by atoms with E-state index in [1.54, 1.807) is 32.1 Å². The highest BCUT2D eigenvalue weighted by Crippen LogP contribution is 2.26. The van der Waals surface area contributed by atoms with E-state index < -0.39 is 23.2 Å². The zero-order valence-corrected chi connectivity index (χ0v) is 11.9. The Balaban J connectivity index is 2.69. The molecule has 0 radical (unpaired) electrons. The lowest BCUT2D eigenvalue weighted by Gasteiger charge is -2.25. The first-order valence-electron chi connectivity index (χ1n) is 5.75. The third-order valence-corrected chi connectivity index (χ3v) is 3.70. The first kappa shape index (κ1) is 14.7. The van der Waals surface area contributed by atoms with Gasteiger partial charge in [-0.25, -0.2) is 0 Å². The van der Waals surface area contributed by atoms with Crippen molar-refractivity contribution in [3.05, 3.63) is 21.9 Å². The van der Waals surface area contributed by atoms with Gasteiger partial charge in [0.15, 0.2) is 0 Å². The van der Waals surface area contributed by atoms with Crippen molar-refractivity contribution in [2.75, 3.05) is 0 Å². The van der Waals surface area contributed by atoms with Crippen LogP contribution >= 0.6 is 11.3 Å². The summed E-state index contributed by atoms with van der Waals surface area (Å²) in [5, 5.41) is 15.8. The number of rotatable bonds is 4. The lowest BCUT2D eigenvalue weighted by Crippen LogP contribution is -2.42. The fraction of sp³-hybridized carbons (Fsp3) is 0.538. The summed E-state index contributed by atoms with van der Waals surface area (Å²) < 4.78 is 0. The van der Waals surface area contributed by atoms with Gasteiger partial charge in [-0.3, -0.25) is 9.59 Å². The van der Waals surface area contributed by atoms with Crippen LogP contribution in [-0.4, -0.2) is 17.0 Å². The van der Waals surface area contributed by atoms with Crippen LogP contribution in [0.5, 0.6) is 0 Å². The van der Waals surface area contributed by atoms with E-state index in [4.69, 9.17) is 5.11 Å². The van der Waals surface area contributed by atoms with Crippen LogP contribution in [0.25, 0.3) is 0 Å². The second-order valence-corrected chi connectivity index (χ2v) is 6.18. The Morgan fingerprint density at radius 1 is 1.39 bits per heavy atom. The molecule has 0 saturated carbocycles. The van der Waals surface area contributed by atoms with E-state index in [1.807, 2.05) is 17.7 Å². The number of hydrogen-bond donors (Lipinski definition) is 2. The summed E-state index contributed by atoms with van der Waals surface area (Å²) in [6.45, 7) is 7.61. The average molecular weight is 269 g/mol. The minimum atomic E-state index is -1.08. The minimum Gasteiger partial charge on any atom is -0.481 e. The highest BCUT2D eigenvalue weighted by Gasteiger charge is 2.37. The number of carboxylic acids is 1. The molecule has 100 valence electrons. The molecule has 1 atom stereocenters. The van der Waals surface area contributed by atoms with Crippen molar-refractivity contribution < 1.29 is 14.7 Å². The zero-order chi connectivity index (χ0) is 13.9. The molecule has 18 heavy (non-hydrogen) atoms. The van der Waals surface area contributed by atoms with Crippen LogP contribution in [0.4, 0.5) is 0 Å². The van der Waals surface area contributed by atoms with Crippen LogP contribution in [0.3, 0.4) is 0 Å². The Morgan fingerprint density at radius 3 is 2.39 bits per heavy atom. The largest absolute Gasteiger partial charge is 0.481 e. The van der Waals surface area contributed by atoms with Gasteiger partial charge in [0.1, 0.15) is 5.92 Å². The van der Waals surface area contributed by atoms with E-state index in [1.165, 1.54) is 0 Å². The van der Waals surface area contributed by atoms with Gasteiger partial charge in [-0.15, -0.1) is 0 Å². The quantitative estimate of drug-likeness (QED) is 0.825. The molecule has 4 nitrogen and oxygen atoms in total. The second kappa shape index (κ2) is 5.52. The molecule has 0 bridgehead atoms. The summed E-state index contributed by atoms with van der Waals surface area (Å²) in [6.07, 6.45) is 0. The minimum absolute atomic E-state index is 0.383. The lowest BCUT2D eigenvalue weighted by atomic mass is 9.80. The lowest BCUT2D eigenvalue weighted by molar-refractivity contribution is -0.151. The van der Waals surface area contributed by atoms with Crippen molar-refractivity contribution in [1.29, 1.82) is 0 Å². The summed E-state index contributed by atoms with van der Waals surface area (Å²) in [5.74, 6) is -2.54. The predicted octanol–water partition coefficient (Wildman–Crippen LogP) is 2.42. The van der Waals surface area contributed by atoms with Gasteiger partial charge in [0.2, 0.25) is 5.91 Å². The summed E-state index contributed by atoms with van der Waals surface area (Å²) >= 11 is 1.57. The first-order chi connectivity index (χ1) is 8.23. The molecule has 0 aliphatic heterocycles. The average Bonchev–Trinajstić information content (AvgIpc) is 2.58. The molecule has 2 N–H and O–H groups in total. The molecule has 1 aromatic heterocycles. The van der Waals surface area contributed by atoms with Crippen molar-refractivity contribution in [1.82, 2.24) is 5.32 Å². The Kier molecular flexibility index (Phi) is 4.51. The van der Waals surface area contributed by atoms with Crippen molar-refractivity contribution >= 4 is 23.2 Å². The summed E-state index contributed by atoms with van der Waals surface area (Å²) in [4.78, 5) is 23.1. The van der Waals surface area contributed by atoms with E-state index in [-0.39, 0.29) is 0 Å². The van der Waals surface area contributed by atoms with Crippen molar-refractivity contribution in [3.8, 4) is 0 Å². The summed E-state index contributed by atoms with van der Waals surface area (Å²) in [6, 6.07) is 0. The van der Waals surface area contributed by atoms with Crippen molar-refractivity contribution in [2.45, 2.75) is 34.2 Å². The standard InChI is InChI=1S/C13H19NO3S/c1-8-6-18-7-9(8)5-14-11(15)10(12(16)17)13(2,3)4/h6-7,10H,5H2,1-4H3,(H,14,15)(H,16,17). The maximum absolute atomic E-state index is 11.9. The van der Waals surface area contributed by atoms with Crippen LogP contribution in [0.1, 0.15) is 31.9 Å². The number of amides is 1. The van der Waals surface area contributed by atoms with Crippen LogP contribution in [0.15, 0.2) is 10.8 Å². The molecule has 1 heterocycles. The van der Waals surface area contributed by atoms with Gasteiger partial charge in [0.05, 0.1) is 0 Å². The number of carbonyl (C=O) groups is 2. The molecule has 0 fully saturated rings. The molecule has 1 aromatic rings. The second-order valence-electron chi connectivity index (χ2n) is 5.44. The SMILES string of the molecule is Cc1cscc1CNC(=O)C(C(=O)O)C(C)(C)C. The first-order valence-corrected chi connectivity index (χ1v) is 6.70. The van der Waals surface area contributed by atoms with Crippen molar-refractivity contribution in [2.24, 2.45) is 11.3 Å². The molecule has 1 unspecified atom stereocenters. The fourth-order valence-corrected chi connectivity index (χ4v) is 2.59. The van der Waals surface area contributed by atoms with Gasteiger partial charge in [0.25, 0.3) is 0 Å². The van der Waals surface area contributed by atoms with Crippen LogP contribution in [0.2, 0.25) is 0 Å². The van der Waals surface area contributed by atoms with Gasteiger partial charge in [0, 0.05) is 6.54 Å². The topological polar surface area (TPSA) is 66.4 Å². The van der Waals surface area contributed by atoms with Gasteiger partial charge >= 0.3 is 5.97 Å². The maximum atomic E-state index is 11.9. The van der Waals surface area contributed by atoms with E-state index in [0.717, 1.165) is 11.1 Å². The Labute approximate surface area is 111 Å². The number of aryl methyl sites for hydroxylation is 1. The van der Waals surface area contributed by atoms with Gasteiger partial charge in [-0.2, -0.15) is 11.3 Å². The maximum Gasteiger partial charge on any atom is 0.316 e. The Morgan fingerprint density at radius 2 is 2.00 bits per heavy atom. The third-order valence-electron chi connectivity index (χ3n) is 2.79. The number of thiophene rings is 1. The normalized spacial score (nSPS) is 13.1. The molecular weight excluding hydrogens is 250 g/mol. The van der Waals surface area contributed by atoms with Crippen LogP contribution in [0, 0.1) is 18.3 Å². The monoisotopic (exact) mass is 269 g/mol. The number of carboxylic acid groups (broad SMARTS) is 1. The summed E-state index contributed by atoms with van der Waals surface area (Å²) in [7, 11) is 0. The van der Waals surface area contributed by atoms with Gasteiger partial charge in [-0.1, -0.05) is 20.8 Å². The van der Waals surface area contributed by atoms with E-state index in [2.05, 4.69) is 5.32 Å². The van der Waals surface area contributed by atoms with Gasteiger partial charge in [-0.05, 0) is 34.2 Å². The Bertz CT molecular complexity index is 445. The fourth-order valence-electron chi connectivity index (χ4n) is 1.73. The summed E-state index contributed by atoms with van der Waals surface area (Å²) in [5.41, 5.74) is 1.55. The van der Waals surface area contributed by atoms with Crippen LogP contribution < -0.4 is 5.32 Å². The molecule has 0 saturated heterocycles. The molecule has 1 rings (SSSR count). The zero-order valence-electron chi connectivity index (χ0n) is 11.1. The molecular formula is C13H19NO3S. The third kappa shape index (κ3) is 3.57. The Hall–Kier alpha value is -1.36. The number of hydrogen-bond acceptors (Lipinski definition) is 3. The highest BCUT2D eigenvalue weighted by atomic mass is 32.1. The predicted molar refractivity (Wildman–Crippen MR) is 71.5 cm³/mol. The number of aliphatic carboxylic acids is 1. The smallest absolute Gasteiger partial charge is 0.316 e. The molecule has 0 spiro atoms. The van der Waals surface area contributed by atoms with E-state index in [0.29, 0.717) is 6.54 Å². The van der Waals surface area contributed by atoms with E-state index >= 15 is 0 Å². The molecule has 5 heteroatoms. The van der Waals surface area contributed by atoms with Gasteiger partial charge < -0.3 is 10.4 Å². The molecule has 0 aliphatic carbocycles.